The molecule has 0 aliphatic heterocycles. The van der Waals surface area contributed by atoms with Crippen molar-refractivity contribution in [3.8, 4) is 11.6 Å². The van der Waals surface area contributed by atoms with Crippen LogP contribution in [0, 0.1) is 0 Å². The van der Waals surface area contributed by atoms with Crippen molar-refractivity contribution < 1.29 is 14.3 Å². The summed E-state index contributed by atoms with van der Waals surface area (Å²) in [6, 6.07) is 11.6. The summed E-state index contributed by atoms with van der Waals surface area (Å²) in [7, 11) is 1.56. The zero-order valence-corrected chi connectivity index (χ0v) is 14.5. The third kappa shape index (κ3) is 5.21. The second-order valence-electron chi connectivity index (χ2n) is 6.31. The van der Waals surface area contributed by atoms with Crippen LogP contribution in [-0.4, -0.2) is 24.1 Å². The van der Waals surface area contributed by atoms with Gasteiger partial charge in [0.05, 0.1) is 25.1 Å². The van der Waals surface area contributed by atoms with Gasteiger partial charge in [0.15, 0.2) is 0 Å². The maximum absolute atomic E-state index is 12.1. The lowest BCUT2D eigenvalue weighted by Crippen LogP contribution is -2.13. The Bertz CT molecular complexity index is 694. The first-order valence-electron chi connectivity index (χ1n) is 8.78. The molecule has 5 nitrogen and oxygen atoms in total. The van der Waals surface area contributed by atoms with E-state index < -0.39 is 0 Å². The Morgan fingerprint density at radius 1 is 1.24 bits per heavy atom. The topological polar surface area (TPSA) is 60.5 Å². The number of amides is 1. The van der Waals surface area contributed by atoms with Crippen LogP contribution >= 0.6 is 0 Å². The average Bonchev–Trinajstić information content (AvgIpc) is 3.14. The van der Waals surface area contributed by atoms with E-state index in [1.165, 1.54) is 12.8 Å². The first-order chi connectivity index (χ1) is 12.2. The predicted molar refractivity (Wildman–Crippen MR) is 97.1 cm³/mol. The van der Waals surface area contributed by atoms with Crippen LogP contribution in [0.15, 0.2) is 42.6 Å². The molecule has 1 N–H and O–H groups in total. The number of benzene rings is 1. The van der Waals surface area contributed by atoms with E-state index in [0.29, 0.717) is 30.5 Å². The van der Waals surface area contributed by atoms with Gasteiger partial charge in [-0.2, -0.15) is 0 Å². The standard InChI is InChI=1S/C20H24N2O3/c1-24-20-12-10-16(14-21-20)22-19(23)11-9-15-5-4-8-18(13-15)25-17-6-2-3-7-17/h4-5,8,10,12-14,17H,2-3,6-7,9,11H2,1H3,(H,22,23). The number of rotatable bonds is 7. The quantitative estimate of drug-likeness (QED) is 0.828. The zero-order chi connectivity index (χ0) is 17.5. The second kappa shape index (κ2) is 8.51. The van der Waals surface area contributed by atoms with Crippen molar-refractivity contribution in [2.24, 2.45) is 0 Å². The van der Waals surface area contributed by atoms with Crippen LogP contribution in [0.4, 0.5) is 5.69 Å². The molecule has 0 bridgehead atoms. The molecule has 5 heteroatoms. The number of ether oxygens (including phenoxy) is 2. The van der Waals surface area contributed by atoms with Gasteiger partial charge in [-0.3, -0.25) is 4.79 Å². The van der Waals surface area contributed by atoms with Gasteiger partial charge in [-0.25, -0.2) is 4.98 Å². The molecular weight excluding hydrogens is 316 g/mol. The van der Waals surface area contributed by atoms with Crippen molar-refractivity contribution in [1.82, 2.24) is 4.98 Å². The minimum absolute atomic E-state index is 0.0333. The fourth-order valence-corrected chi connectivity index (χ4v) is 3.03. The number of aromatic nitrogens is 1. The molecule has 1 aromatic heterocycles. The first kappa shape index (κ1) is 17.3. The molecule has 0 atom stereocenters. The zero-order valence-electron chi connectivity index (χ0n) is 14.5. The highest BCUT2D eigenvalue weighted by molar-refractivity contribution is 5.90. The van der Waals surface area contributed by atoms with Crippen molar-refractivity contribution in [3.05, 3.63) is 48.2 Å². The molecule has 0 unspecified atom stereocenters. The molecule has 0 radical (unpaired) electrons. The Morgan fingerprint density at radius 3 is 2.80 bits per heavy atom. The normalized spacial score (nSPS) is 14.3. The number of carbonyl (C=O) groups is 1. The number of carbonyl (C=O) groups excluding carboxylic acids is 1. The number of hydrogen-bond acceptors (Lipinski definition) is 4. The summed E-state index contributed by atoms with van der Waals surface area (Å²) < 4.78 is 11.0. The highest BCUT2D eigenvalue weighted by Crippen LogP contribution is 2.25. The summed E-state index contributed by atoms with van der Waals surface area (Å²) in [4.78, 5) is 16.2. The Morgan fingerprint density at radius 2 is 2.08 bits per heavy atom. The Balaban J connectivity index is 1.49. The summed E-state index contributed by atoms with van der Waals surface area (Å²) in [6.45, 7) is 0. The number of aryl methyl sites for hydroxylation is 1. The molecular formula is C20H24N2O3. The van der Waals surface area contributed by atoms with Gasteiger partial charge < -0.3 is 14.8 Å². The molecule has 1 saturated carbocycles. The molecule has 1 aliphatic carbocycles. The Kier molecular flexibility index (Phi) is 5.88. The van der Waals surface area contributed by atoms with Crippen LogP contribution < -0.4 is 14.8 Å². The van der Waals surface area contributed by atoms with Crippen LogP contribution in [0.2, 0.25) is 0 Å². The molecule has 0 spiro atoms. The van der Waals surface area contributed by atoms with Gasteiger partial charge in [0.25, 0.3) is 0 Å². The van der Waals surface area contributed by atoms with Gasteiger partial charge in [-0.15, -0.1) is 0 Å². The van der Waals surface area contributed by atoms with Crippen LogP contribution in [0.25, 0.3) is 0 Å². The van der Waals surface area contributed by atoms with E-state index in [0.717, 1.165) is 24.2 Å². The predicted octanol–water partition coefficient (Wildman–Crippen LogP) is 3.98. The highest BCUT2D eigenvalue weighted by Gasteiger charge is 2.16. The van der Waals surface area contributed by atoms with Crippen molar-refractivity contribution in [1.29, 1.82) is 0 Å². The Hall–Kier alpha value is -2.56. The number of nitrogens with zero attached hydrogens (tertiary/aromatic N) is 1. The van der Waals surface area contributed by atoms with Crippen molar-refractivity contribution in [2.75, 3.05) is 12.4 Å². The van der Waals surface area contributed by atoms with Crippen molar-refractivity contribution in [3.63, 3.8) is 0 Å². The molecule has 2 aromatic rings. The molecule has 3 rings (SSSR count). The van der Waals surface area contributed by atoms with Gasteiger partial charge >= 0.3 is 0 Å². The summed E-state index contributed by atoms with van der Waals surface area (Å²) in [5, 5.41) is 2.85. The number of hydrogen-bond donors (Lipinski definition) is 1. The van der Waals surface area contributed by atoms with Crippen molar-refractivity contribution in [2.45, 2.75) is 44.6 Å². The molecule has 0 saturated heterocycles. The van der Waals surface area contributed by atoms with Gasteiger partial charge in [0.1, 0.15) is 5.75 Å². The number of methoxy groups -OCH3 is 1. The van der Waals surface area contributed by atoms with E-state index in [1.807, 2.05) is 24.3 Å². The van der Waals surface area contributed by atoms with Gasteiger partial charge in [0, 0.05) is 12.5 Å². The van der Waals surface area contributed by atoms with Gasteiger partial charge in [-0.05, 0) is 55.9 Å². The van der Waals surface area contributed by atoms with Crippen LogP contribution in [-0.2, 0) is 11.2 Å². The summed E-state index contributed by atoms with van der Waals surface area (Å²) in [5.41, 5.74) is 1.78. The second-order valence-corrected chi connectivity index (χ2v) is 6.31. The lowest BCUT2D eigenvalue weighted by molar-refractivity contribution is -0.116. The Labute approximate surface area is 148 Å². The van der Waals surface area contributed by atoms with Gasteiger partial charge in [-0.1, -0.05) is 12.1 Å². The van der Waals surface area contributed by atoms with E-state index in [4.69, 9.17) is 9.47 Å². The number of pyridine rings is 1. The van der Waals surface area contributed by atoms with Crippen LogP contribution in [0.1, 0.15) is 37.7 Å². The van der Waals surface area contributed by atoms with Gasteiger partial charge in [0.2, 0.25) is 11.8 Å². The SMILES string of the molecule is COc1ccc(NC(=O)CCc2cccc(OC3CCCC3)c2)cn1. The fraction of sp³-hybridized carbons (Fsp3) is 0.400. The first-order valence-corrected chi connectivity index (χ1v) is 8.78. The molecule has 1 heterocycles. The third-order valence-electron chi connectivity index (χ3n) is 4.37. The maximum Gasteiger partial charge on any atom is 0.224 e. The lowest BCUT2D eigenvalue weighted by Gasteiger charge is -2.13. The van der Waals surface area contributed by atoms with E-state index in [9.17, 15) is 4.79 Å². The van der Waals surface area contributed by atoms with Crippen LogP contribution in [0.5, 0.6) is 11.6 Å². The maximum atomic E-state index is 12.1. The monoisotopic (exact) mass is 340 g/mol. The van der Waals surface area contributed by atoms with E-state index in [2.05, 4.69) is 10.3 Å². The van der Waals surface area contributed by atoms with E-state index in [1.54, 1.807) is 25.4 Å². The molecule has 132 valence electrons. The third-order valence-corrected chi connectivity index (χ3v) is 4.37. The van der Waals surface area contributed by atoms with Crippen molar-refractivity contribution >= 4 is 11.6 Å². The molecule has 1 fully saturated rings. The number of nitrogens with one attached hydrogen (secondary N) is 1. The molecule has 1 amide bonds. The minimum atomic E-state index is -0.0333. The summed E-state index contributed by atoms with van der Waals surface area (Å²) in [6.07, 6.45) is 7.82. The van der Waals surface area contributed by atoms with Crippen LogP contribution in [0.3, 0.4) is 0 Å². The average molecular weight is 340 g/mol. The summed E-state index contributed by atoms with van der Waals surface area (Å²) >= 11 is 0. The molecule has 25 heavy (non-hydrogen) atoms. The highest BCUT2D eigenvalue weighted by atomic mass is 16.5. The minimum Gasteiger partial charge on any atom is -0.490 e. The smallest absolute Gasteiger partial charge is 0.224 e. The van der Waals surface area contributed by atoms with E-state index in [-0.39, 0.29) is 5.91 Å². The largest absolute Gasteiger partial charge is 0.490 e. The number of anilines is 1. The van der Waals surface area contributed by atoms with E-state index >= 15 is 0 Å². The summed E-state index contributed by atoms with van der Waals surface area (Å²) in [5.74, 6) is 1.40. The lowest BCUT2D eigenvalue weighted by atomic mass is 10.1. The molecule has 1 aliphatic rings. The molecule has 1 aromatic carbocycles. The fourth-order valence-electron chi connectivity index (χ4n) is 3.03.